The molecule has 0 atom stereocenters. The largest absolute Gasteiger partial charge is 0.493 e. The zero-order chi connectivity index (χ0) is 18.5. The Kier molecular flexibility index (Phi) is 5.77. The van der Waals surface area contributed by atoms with Crippen LogP contribution in [0.15, 0.2) is 53.8 Å². The second kappa shape index (κ2) is 8.22. The average Bonchev–Trinajstić information content (AvgIpc) is 2.96. The fraction of sp³-hybridized carbons (Fsp3) is 0.158. The predicted molar refractivity (Wildman–Crippen MR) is 111 cm³/mol. The minimum atomic E-state index is 0.350. The maximum atomic E-state index is 5.97. The van der Waals surface area contributed by atoms with E-state index in [9.17, 15) is 0 Å². The van der Waals surface area contributed by atoms with Crippen LogP contribution < -0.4 is 15.2 Å². The van der Waals surface area contributed by atoms with Crippen LogP contribution in [-0.2, 0) is 6.61 Å². The van der Waals surface area contributed by atoms with Crippen LogP contribution in [0.3, 0.4) is 0 Å². The van der Waals surface area contributed by atoms with Gasteiger partial charge >= 0.3 is 0 Å². The number of nitrogen functional groups attached to an aromatic ring is 1. The van der Waals surface area contributed by atoms with Crippen molar-refractivity contribution in [2.75, 3.05) is 12.8 Å². The number of nitrogens with two attached hydrogens (primary N) is 1. The van der Waals surface area contributed by atoms with Gasteiger partial charge < -0.3 is 15.2 Å². The lowest BCUT2D eigenvalue weighted by atomic mass is 10.2. The number of aryl methyl sites for hydroxylation is 1. The van der Waals surface area contributed by atoms with E-state index in [1.165, 1.54) is 4.68 Å². The van der Waals surface area contributed by atoms with E-state index in [1.807, 2.05) is 49.4 Å². The molecular weight excluding hydrogens is 443 g/mol. The molecule has 3 aromatic rings. The summed E-state index contributed by atoms with van der Waals surface area (Å²) in [5.74, 6) is 1.72. The minimum absolute atomic E-state index is 0.350. The van der Waals surface area contributed by atoms with Crippen LogP contribution in [0.25, 0.3) is 0 Å². The Morgan fingerprint density at radius 3 is 2.69 bits per heavy atom. The van der Waals surface area contributed by atoms with E-state index in [0.29, 0.717) is 24.1 Å². The number of halogens is 1. The van der Waals surface area contributed by atoms with Crippen molar-refractivity contribution in [3.8, 4) is 11.5 Å². The molecule has 7 heteroatoms. The molecule has 26 heavy (non-hydrogen) atoms. The van der Waals surface area contributed by atoms with E-state index in [0.717, 1.165) is 20.4 Å². The molecule has 2 aromatic carbocycles. The van der Waals surface area contributed by atoms with E-state index in [4.69, 9.17) is 15.2 Å². The smallest absolute Gasteiger partial charge is 0.221 e. The van der Waals surface area contributed by atoms with Crippen LogP contribution in [0.1, 0.15) is 16.8 Å². The van der Waals surface area contributed by atoms with Crippen molar-refractivity contribution in [2.45, 2.75) is 13.5 Å². The molecule has 3 rings (SSSR count). The number of ether oxygens (including phenoxy) is 2. The standard InChI is InChI=1S/C19H19IN4O2/c1-13-11-24(19(21)23-13)22-10-15-8-16(20)18(17(9-15)25-2)26-12-14-6-4-3-5-7-14/h3-11H,12H2,1-2H3,(H2,21,23). The van der Waals surface area contributed by atoms with E-state index in [1.54, 1.807) is 19.5 Å². The molecule has 6 nitrogen and oxygen atoms in total. The van der Waals surface area contributed by atoms with Crippen molar-refractivity contribution in [3.63, 3.8) is 0 Å². The molecule has 0 saturated heterocycles. The lowest BCUT2D eigenvalue weighted by Crippen LogP contribution is -2.01. The number of rotatable bonds is 6. The molecule has 0 unspecified atom stereocenters. The zero-order valence-corrected chi connectivity index (χ0v) is 16.7. The molecule has 0 aliphatic carbocycles. The summed E-state index contributed by atoms with van der Waals surface area (Å²) in [5, 5.41) is 4.34. The van der Waals surface area contributed by atoms with Gasteiger partial charge in [-0.05, 0) is 52.8 Å². The minimum Gasteiger partial charge on any atom is -0.493 e. The predicted octanol–water partition coefficient (Wildman–Crippen LogP) is 3.85. The number of methoxy groups -OCH3 is 1. The highest BCUT2D eigenvalue weighted by atomic mass is 127. The third-order valence-corrected chi connectivity index (χ3v) is 4.45. The number of nitrogens with zero attached hydrogens (tertiary/aromatic N) is 3. The summed E-state index contributed by atoms with van der Waals surface area (Å²) in [6.07, 6.45) is 3.48. The van der Waals surface area contributed by atoms with Gasteiger partial charge in [-0.1, -0.05) is 30.3 Å². The van der Waals surface area contributed by atoms with Crippen molar-refractivity contribution in [1.29, 1.82) is 0 Å². The van der Waals surface area contributed by atoms with Crippen molar-refractivity contribution in [1.82, 2.24) is 9.66 Å². The highest BCUT2D eigenvalue weighted by Crippen LogP contribution is 2.34. The number of imidazole rings is 1. The van der Waals surface area contributed by atoms with Gasteiger partial charge in [0.15, 0.2) is 11.5 Å². The molecular formula is C19H19IN4O2. The molecule has 0 amide bonds. The molecule has 0 radical (unpaired) electrons. The van der Waals surface area contributed by atoms with Gasteiger partial charge in [0.2, 0.25) is 5.95 Å². The molecule has 2 N–H and O–H groups in total. The topological polar surface area (TPSA) is 74.7 Å². The summed E-state index contributed by atoms with van der Waals surface area (Å²) < 4.78 is 13.9. The highest BCUT2D eigenvalue weighted by molar-refractivity contribution is 14.1. The summed E-state index contributed by atoms with van der Waals surface area (Å²) in [5.41, 5.74) is 8.60. The Morgan fingerprint density at radius 2 is 2.04 bits per heavy atom. The first kappa shape index (κ1) is 18.2. The van der Waals surface area contributed by atoms with Gasteiger partial charge in [-0.3, -0.25) is 0 Å². The molecule has 0 saturated carbocycles. The van der Waals surface area contributed by atoms with E-state index in [2.05, 4.69) is 32.7 Å². The van der Waals surface area contributed by atoms with Gasteiger partial charge in [-0.15, -0.1) is 0 Å². The summed E-state index contributed by atoms with van der Waals surface area (Å²) in [6, 6.07) is 13.9. The van der Waals surface area contributed by atoms with Crippen LogP contribution in [0.2, 0.25) is 0 Å². The van der Waals surface area contributed by atoms with Crippen LogP contribution in [0.5, 0.6) is 11.5 Å². The fourth-order valence-corrected chi connectivity index (χ4v) is 3.19. The summed E-state index contributed by atoms with van der Waals surface area (Å²) >= 11 is 2.23. The number of anilines is 1. The Labute approximate surface area is 165 Å². The van der Waals surface area contributed by atoms with E-state index in [-0.39, 0.29) is 0 Å². The second-order valence-electron chi connectivity index (χ2n) is 5.64. The third-order valence-electron chi connectivity index (χ3n) is 3.64. The Bertz CT molecular complexity index is 923. The molecule has 0 spiro atoms. The summed E-state index contributed by atoms with van der Waals surface area (Å²) in [7, 11) is 1.62. The first-order valence-electron chi connectivity index (χ1n) is 7.97. The van der Waals surface area contributed by atoms with Gasteiger partial charge in [-0.2, -0.15) is 5.10 Å². The van der Waals surface area contributed by atoms with Gasteiger partial charge in [-0.25, -0.2) is 9.66 Å². The first-order valence-corrected chi connectivity index (χ1v) is 9.05. The van der Waals surface area contributed by atoms with Crippen molar-refractivity contribution in [2.24, 2.45) is 5.10 Å². The zero-order valence-electron chi connectivity index (χ0n) is 14.5. The fourth-order valence-electron chi connectivity index (χ4n) is 2.41. The quantitative estimate of drug-likeness (QED) is 0.446. The monoisotopic (exact) mass is 462 g/mol. The molecule has 134 valence electrons. The molecule has 0 fully saturated rings. The van der Waals surface area contributed by atoms with E-state index >= 15 is 0 Å². The number of hydrogen-bond donors (Lipinski definition) is 1. The first-order chi connectivity index (χ1) is 12.6. The van der Waals surface area contributed by atoms with Crippen LogP contribution in [0, 0.1) is 10.5 Å². The lowest BCUT2D eigenvalue weighted by molar-refractivity contribution is 0.282. The van der Waals surface area contributed by atoms with Crippen molar-refractivity contribution < 1.29 is 9.47 Å². The van der Waals surface area contributed by atoms with Crippen molar-refractivity contribution >= 4 is 34.8 Å². The highest BCUT2D eigenvalue weighted by Gasteiger charge is 2.11. The number of benzene rings is 2. The Hall–Kier alpha value is -2.55. The van der Waals surface area contributed by atoms with Crippen molar-refractivity contribution in [3.05, 3.63) is 69.1 Å². The molecule has 0 aliphatic rings. The van der Waals surface area contributed by atoms with Crippen LogP contribution in [-0.4, -0.2) is 23.0 Å². The molecule has 0 aliphatic heterocycles. The van der Waals surface area contributed by atoms with E-state index < -0.39 is 0 Å². The van der Waals surface area contributed by atoms with Gasteiger partial charge in [0, 0.05) is 0 Å². The number of hydrogen-bond acceptors (Lipinski definition) is 5. The average molecular weight is 462 g/mol. The van der Waals surface area contributed by atoms with Crippen LogP contribution in [0.4, 0.5) is 5.95 Å². The number of aromatic nitrogens is 2. The molecule has 0 bridgehead atoms. The third kappa shape index (κ3) is 4.34. The Morgan fingerprint density at radius 1 is 1.27 bits per heavy atom. The molecule has 1 aromatic heterocycles. The second-order valence-corrected chi connectivity index (χ2v) is 6.80. The normalized spacial score (nSPS) is 11.0. The lowest BCUT2D eigenvalue weighted by Gasteiger charge is -2.13. The molecule has 1 heterocycles. The van der Waals surface area contributed by atoms with Gasteiger partial charge in [0.25, 0.3) is 0 Å². The van der Waals surface area contributed by atoms with Gasteiger partial charge in [0.1, 0.15) is 6.61 Å². The summed E-state index contributed by atoms with van der Waals surface area (Å²) in [4.78, 5) is 4.12. The summed E-state index contributed by atoms with van der Waals surface area (Å²) in [6.45, 7) is 2.35. The van der Waals surface area contributed by atoms with Crippen LogP contribution >= 0.6 is 22.6 Å². The SMILES string of the molecule is COc1cc(C=Nn2cc(C)nc2N)cc(I)c1OCc1ccccc1. The Balaban J connectivity index is 1.81. The maximum Gasteiger partial charge on any atom is 0.221 e. The maximum absolute atomic E-state index is 5.97. The van der Waals surface area contributed by atoms with Gasteiger partial charge in [0.05, 0.1) is 28.8 Å².